The lowest BCUT2D eigenvalue weighted by Gasteiger charge is -2.27. The van der Waals surface area contributed by atoms with Gasteiger partial charge in [-0.25, -0.2) is 0 Å². The number of fused-ring (bicyclic) bond motifs is 1. The summed E-state index contributed by atoms with van der Waals surface area (Å²) in [7, 11) is 0. The molecule has 5 rings (SSSR count). The van der Waals surface area contributed by atoms with E-state index >= 15 is 0 Å². The minimum absolute atomic E-state index is 0.0614. The second-order valence-corrected chi connectivity index (χ2v) is 9.20. The molecule has 39 heavy (non-hydrogen) atoms. The summed E-state index contributed by atoms with van der Waals surface area (Å²) in [6, 6.07) is 23.6. The van der Waals surface area contributed by atoms with Crippen molar-refractivity contribution in [2.45, 2.75) is 26.3 Å². The van der Waals surface area contributed by atoms with Crippen molar-refractivity contribution in [3.05, 3.63) is 102 Å². The number of hydrogen-bond donors (Lipinski definition) is 2. The standard InChI is InChI=1S/C32H29NO6/c1-3-17-39-23-12-7-11-22(18-23)30(35)28-29(21-15-16-26(34)27(19-21)38-4-2)33(32(37)31(28)36)25-14-8-10-20-9-5-6-13-24(20)25/h5-16,18-19,29,34-35H,3-4,17H2,1-2H3/b30-28+. The molecule has 0 bridgehead atoms. The SMILES string of the molecule is CCCOc1cccc(/C(O)=C2\C(=O)C(=O)N(c3cccc4ccccc34)C2c2ccc(O)c(OCC)c2)c1. The summed E-state index contributed by atoms with van der Waals surface area (Å²) in [6.45, 7) is 4.60. The first-order valence-corrected chi connectivity index (χ1v) is 12.9. The van der Waals surface area contributed by atoms with E-state index in [1.54, 1.807) is 49.4 Å². The maximum Gasteiger partial charge on any atom is 0.300 e. The average Bonchev–Trinajstić information content (AvgIpc) is 3.22. The van der Waals surface area contributed by atoms with E-state index < -0.39 is 17.7 Å². The summed E-state index contributed by atoms with van der Waals surface area (Å²) in [4.78, 5) is 28.7. The quantitative estimate of drug-likeness (QED) is 0.159. The molecule has 0 radical (unpaired) electrons. The molecule has 0 saturated carbocycles. The van der Waals surface area contributed by atoms with Crippen LogP contribution in [-0.4, -0.2) is 35.1 Å². The number of aromatic hydroxyl groups is 1. The Morgan fingerprint density at radius 2 is 1.67 bits per heavy atom. The Labute approximate surface area is 226 Å². The smallest absolute Gasteiger partial charge is 0.300 e. The largest absolute Gasteiger partial charge is 0.507 e. The molecule has 7 nitrogen and oxygen atoms in total. The number of carbonyl (C=O) groups excluding carboxylic acids is 2. The summed E-state index contributed by atoms with van der Waals surface area (Å²) >= 11 is 0. The first-order chi connectivity index (χ1) is 18.9. The van der Waals surface area contributed by atoms with Gasteiger partial charge in [-0.3, -0.25) is 14.5 Å². The van der Waals surface area contributed by atoms with Crippen molar-refractivity contribution in [3.8, 4) is 17.2 Å². The maximum absolute atomic E-state index is 13.7. The number of ketones is 1. The van der Waals surface area contributed by atoms with E-state index in [0.29, 0.717) is 35.8 Å². The molecule has 1 unspecified atom stereocenters. The van der Waals surface area contributed by atoms with E-state index in [1.807, 2.05) is 43.3 Å². The van der Waals surface area contributed by atoms with Gasteiger partial charge >= 0.3 is 0 Å². The molecule has 1 aliphatic heterocycles. The zero-order valence-corrected chi connectivity index (χ0v) is 21.8. The van der Waals surface area contributed by atoms with E-state index in [9.17, 15) is 19.8 Å². The number of ether oxygens (including phenoxy) is 2. The number of phenolic OH excluding ortho intramolecular Hbond substituents is 1. The molecule has 0 aliphatic carbocycles. The molecule has 2 N–H and O–H groups in total. The van der Waals surface area contributed by atoms with Gasteiger partial charge in [0, 0.05) is 10.9 Å². The van der Waals surface area contributed by atoms with Crippen molar-refractivity contribution >= 4 is 33.9 Å². The monoisotopic (exact) mass is 523 g/mol. The average molecular weight is 524 g/mol. The number of phenols is 1. The zero-order valence-electron chi connectivity index (χ0n) is 21.8. The van der Waals surface area contributed by atoms with Crippen LogP contribution in [0.1, 0.15) is 37.4 Å². The molecule has 7 heteroatoms. The molecule has 198 valence electrons. The van der Waals surface area contributed by atoms with Crippen LogP contribution < -0.4 is 14.4 Å². The third-order valence-corrected chi connectivity index (χ3v) is 6.65. The van der Waals surface area contributed by atoms with Gasteiger partial charge in [0.1, 0.15) is 11.5 Å². The number of nitrogens with zero attached hydrogens (tertiary/aromatic N) is 1. The Bertz CT molecular complexity index is 1590. The molecule has 0 spiro atoms. The summed E-state index contributed by atoms with van der Waals surface area (Å²) in [5.74, 6) is -1.19. The van der Waals surface area contributed by atoms with Gasteiger partial charge in [0.05, 0.1) is 30.5 Å². The van der Waals surface area contributed by atoms with Crippen LogP contribution >= 0.6 is 0 Å². The fraction of sp³-hybridized carbons (Fsp3) is 0.188. The van der Waals surface area contributed by atoms with Gasteiger partial charge in [-0.15, -0.1) is 0 Å². The van der Waals surface area contributed by atoms with Crippen molar-refractivity contribution in [2.75, 3.05) is 18.1 Å². The number of aliphatic hydroxyl groups excluding tert-OH is 1. The van der Waals surface area contributed by atoms with E-state index in [-0.39, 0.29) is 22.8 Å². The fourth-order valence-corrected chi connectivity index (χ4v) is 4.90. The molecule has 4 aromatic rings. The number of aliphatic hydroxyl groups is 1. The Kier molecular flexibility index (Phi) is 7.23. The normalized spacial score (nSPS) is 16.6. The zero-order chi connectivity index (χ0) is 27.5. The van der Waals surface area contributed by atoms with Crippen LogP contribution in [0.4, 0.5) is 5.69 Å². The summed E-state index contributed by atoms with van der Waals surface area (Å²) in [5, 5.41) is 23.6. The molecule has 4 aromatic carbocycles. The molecule has 1 atom stereocenters. The third kappa shape index (κ3) is 4.79. The van der Waals surface area contributed by atoms with Crippen LogP contribution in [0.2, 0.25) is 0 Å². The number of Topliss-reactive ketones (excluding diaryl/α,β-unsaturated/α-hetero) is 1. The van der Waals surface area contributed by atoms with Crippen molar-refractivity contribution in [1.82, 2.24) is 0 Å². The number of anilines is 1. The van der Waals surface area contributed by atoms with Crippen LogP contribution in [0.5, 0.6) is 17.2 Å². The Morgan fingerprint density at radius 1 is 0.897 bits per heavy atom. The number of hydrogen-bond acceptors (Lipinski definition) is 6. The first kappa shape index (κ1) is 25.9. The van der Waals surface area contributed by atoms with E-state index in [4.69, 9.17) is 9.47 Å². The molecular formula is C32H29NO6. The van der Waals surface area contributed by atoms with Gasteiger partial charge in [0.15, 0.2) is 11.5 Å². The highest BCUT2D eigenvalue weighted by molar-refractivity contribution is 6.52. The Hall–Kier alpha value is -4.78. The molecule has 0 aromatic heterocycles. The van der Waals surface area contributed by atoms with Gasteiger partial charge in [-0.2, -0.15) is 0 Å². The predicted octanol–water partition coefficient (Wildman–Crippen LogP) is 6.36. The summed E-state index contributed by atoms with van der Waals surface area (Å²) < 4.78 is 11.3. The molecule has 1 heterocycles. The number of amides is 1. The van der Waals surface area contributed by atoms with Crippen LogP contribution in [0.3, 0.4) is 0 Å². The first-order valence-electron chi connectivity index (χ1n) is 12.9. The minimum Gasteiger partial charge on any atom is -0.507 e. The van der Waals surface area contributed by atoms with Crippen LogP contribution in [0.15, 0.2) is 90.5 Å². The van der Waals surface area contributed by atoms with E-state index in [2.05, 4.69) is 0 Å². The van der Waals surface area contributed by atoms with Gasteiger partial charge in [-0.05, 0) is 54.6 Å². The fourth-order valence-electron chi connectivity index (χ4n) is 4.90. The lowest BCUT2D eigenvalue weighted by atomic mass is 9.94. The molecule has 1 amide bonds. The van der Waals surface area contributed by atoms with Crippen molar-refractivity contribution in [1.29, 1.82) is 0 Å². The number of carbonyl (C=O) groups is 2. The van der Waals surface area contributed by atoms with Crippen molar-refractivity contribution in [2.24, 2.45) is 0 Å². The second-order valence-electron chi connectivity index (χ2n) is 9.20. The van der Waals surface area contributed by atoms with Gasteiger partial charge in [0.2, 0.25) is 0 Å². The van der Waals surface area contributed by atoms with E-state index in [0.717, 1.165) is 17.2 Å². The van der Waals surface area contributed by atoms with Crippen molar-refractivity contribution < 1.29 is 29.3 Å². The van der Waals surface area contributed by atoms with Gasteiger partial charge < -0.3 is 19.7 Å². The van der Waals surface area contributed by atoms with Crippen LogP contribution in [0, 0.1) is 0 Å². The predicted molar refractivity (Wildman–Crippen MR) is 150 cm³/mol. The highest BCUT2D eigenvalue weighted by Crippen LogP contribution is 2.45. The summed E-state index contributed by atoms with van der Waals surface area (Å²) in [5.41, 5.74) is 1.33. The van der Waals surface area contributed by atoms with Gasteiger partial charge in [0.25, 0.3) is 11.7 Å². The topological polar surface area (TPSA) is 96.3 Å². The lowest BCUT2D eigenvalue weighted by Crippen LogP contribution is -2.29. The maximum atomic E-state index is 13.7. The number of rotatable bonds is 8. The van der Waals surface area contributed by atoms with E-state index in [1.165, 1.54) is 11.0 Å². The molecule has 1 fully saturated rings. The highest BCUT2D eigenvalue weighted by Gasteiger charge is 2.47. The molecular weight excluding hydrogens is 494 g/mol. The molecule has 1 aliphatic rings. The van der Waals surface area contributed by atoms with Crippen molar-refractivity contribution in [3.63, 3.8) is 0 Å². The molecule has 1 saturated heterocycles. The minimum atomic E-state index is -0.976. The Balaban J connectivity index is 1.74. The Morgan fingerprint density at radius 3 is 2.46 bits per heavy atom. The van der Waals surface area contributed by atoms with Crippen LogP contribution in [0.25, 0.3) is 16.5 Å². The summed E-state index contributed by atoms with van der Waals surface area (Å²) in [6.07, 6.45) is 0.815. The van der Waals surface area contributed by atoms with Crippen LogP contribution in [-0.2, 0) is 9.59 Å². The lowest BCUT2D eigenvalue weighted by molar-refractivity contribution is -0.132. The van der Waals surface area contributed by atoms with Gasteiger partial charge in [-0.1, -0.05) is 61.5 Å². The third-order valence-electron chi connectivity index (χ3n) is 6.65. The number of benzene rings is 4. The second kappa shape index (κ2) is 10.9. The highest BCUT2D eigenvalue weighted by atomic mass is 16.5.